The molecule has 0 amide bonds. The molecule has 13 rings (SSSR count). The molecule has 11 aromatic carbocycles. The third-order valence-corrected chi connectivity index (χ3v) is 14.2. The van der Waals surface area contributed by atoms with Crippen LogP contribution in [0.2, 0.25) is 0 Å². The van der Waals surface area contributed by atoms with Gasteiger partial charge in [0, 0.05) is 22.0 Å². The van der Waals surface area contributed by atoms with E-state index in [1.54, 1.807) is 0 Å². The van der Waals surface area contributed by atoms with Crippen LogP contribution in [0.1, 0.15) is 22.3 Å². The van der Waals surface area contributed by atoms with Crippen molar-refractivity contribution in [2.45, 2.75) is 5.41 Å². The standard InChI is InChI=1S/C67H45NO/c1-6-19-46(20-7-1)49-33-35-50(36-34-49)56-40-37-52(48-23-10-3-11-24-48)44-64(56)68(63-31-18-30-60-59-29-16-17-32-65(59)69-66(60)63)55-39-42-58-57-41-38-51(47-21-8-2-9-22-47)43-61(57)67(62(58)45-55,53-25-12-4-13-26-53)54-27-14-5-15-28-54/h1-45H. The highest BCUT2D eigenvalue weighted by Gasteiger charge is 2.46. The van der Waals surface area contributed by atoms with E-state index in [4.69, 9.17) is 4.42 Å². The molecule has 1 heterocycles. The molecule has 0 bridgehead atoms. The van der Waals surface area contributed by atoms with E-state index in [0.29, 0.717) is 0 Å². The van der Waals surface area contributed by atoms with Crippen molar-refractivity contribution in [3.63, 3.8) is 0 Å². The number of hydrogen-bond donors (Lipinski definition) is 0. The molecule has 0 fully saturated rings. The van der Waals surface area contributed by atoms with Gasteiger partial charge in [0.05, 0.1) is 16.8 Å². The molecular weight excluding hydrogens is 835 g/mol. The van der Waals surface area contributed by atoms with Crippen molar-refractivity contribution in [1.82, 2.24) is 0 Å². The molecule has 1 aliphatic rings. The number of furan rings is 1. The van der Waals surface area contributed by atoms with E-state index in [1.807, 2.05) is 0 Å². The number of anilines is 3. The fourth-order valence-corrected chi connectivity index (χ4v) is 11.0. The Hall–Kier alpha value is -8.98. The van der Waals surface area contributed by atoms with E-state index in [-0.39, 0.29) is 0 Å². The summed E-state index contributed by atoms with van der Waals surface area (Å²) in [5.74, 6) is 0. The van der Waals surface area contributed by atoms with E-state index in [2.05, 4.69) is 278 Å². The van der Waals surface area contributed by atoms with Gasteiger partial charge in [0.15, 0.2) is 5.58 Å². The van der Waals surface area contributed by atoms with Crippen LogP contribution >= 0.6 is 0 Å². The smallest absolute Gasteiger partial charge is 0.159 e. The Morgan fingerprint density at radius 1 is 0.290 bits per heavy atom. The second-order valence-corrected chi connectivity index (χ2v) is 18.0. The van der Waals surface area contributed by atoms with Crippen molar-refractivity contribution >= 4 is 39.0 Å². The minimum Gasteiger partial charge on any atom is -0.454 e. The third kappa shape index (κ3) is 6.72. The lowest BCUT2D eigenvalue weighted by molar-refractivity contribution is 0.669. The van der Waals surface area contributed by atoms with Crippen molar-refractivity contribution in [2.75, 3.05) is 4.90 Å². The van der Waals surface area contributed by atoms with Crippen LogP contribution in [-0.4, -0.2) is 0 Å². The van der Waals surface area contributed by atoms with Crippen LogP contribution < -0.4 is 4.90 Å². The van der Waals surface area contributed by atoms with Crippen molar-refractivity contribution in [3.8, 4) is 55.6 Å². The molecule has 69 heavy (non-hydrogen) atoms. The lowest BCUT2D eigenvalue weighted by Crippen LogP contribution is -2.28. The van der Waals surface area contributed by atoms with Crippen LogP contribution in [0.4, 0.5) is 17.1 Å². The summed E-state index contributed by atoms with van der Waals surface area (Å²) in [4.78, 5) is 2.46. The van der Waals surface area contributed by atoms with E-state index in [1.165, 1.54) is 55.6 Å². The number of nitrogens with zero attached hydrogens (tertiary/aromatic N) is 1. The number of para-hydroxylation sites is 2. The molecule has 0 saturated heterocycles. The van der Waals surface area contributed by atoms with E-state index < -0.39 is 5.41 Å². The summed E-state index contributed by atoms with van der Waals surface area (Å²) in [6.45, 7) is 0. The second kappa shape index (κ2) is 16.7. The molecule has 0 saturated carbocycles. The zero-order valence-corrected chi connectivity index (χ0v) is 37.8. The summed E-state index contributed by atoms with van der Waals surface area (Å²) in [5, 5.41) is 2.17. The molecule has 1 aromatic heterocycles. The number of hydrogen-bond acceptors (Lipinski definition) is 2. The molecule has 0 aliphatic heterocycles. The third-order valence-electron chi connectivity index (χ3n) is 14.2. The molecule has 0 unspecified atom stereocenters. The summed E-state index contributed by atoms with van der Waals surface area (Å²) in [5.41, 5.74) is 20.7. The van der Waals surface area contributed by atoms with Gasteiger partial charge >= 0.3 is 0 Å². The topological polar surface area (TPSA) is 16.4 Å². The number of fused-ring (bicyclic) bond motifs is 6. The Labute approximate surface area is 402 Å². The molecular formula is C67H45NO. The maximum absolute atomic E-state index is 6.97. The molecule has 2 nitrogen and oxygen atoms in total. The van der Waals surface area contributed by atoms with Crippen molar-refractivity contribution in [1.29, 1.82) is 0 Å². The molecule has 0 atom stereocenters. The summed E-state index contributed by atoms with van der Waals surface area (Å²) in [7, 11) is 0. The maximum atomic E-state index is 6.97. The molecule has 0 N–H and O–H groups in total. The van der Waals surface area contributed by atoms with E-state index in [0.717, 1.165) is 61.3 Å². The summed E-state index contributed by atoms with van der Waals surface area (Å²) in [6.07, 6.45) is 0. The van der Waals surface area contributed by atoms with Gasteiger partial charge in [-0.1, -0.05) is 237 Å². The van der Waals surface area contributed by atoms with Gasteiger partial charge < -0.3 is 9.32 Å². The van der Waals surface area contributed by atoms with Crippen LogP contribution in [0.5, 0.6) is 0 Å². The summed E-state index contributed by atoms with van der Waals surface area (Å²) >= 11 is 0. The van der Waals surface area contributed by atoms with Gasteiger partial charge in [0.25, 0.3) is 0 Å². The predicted octanol–water partition coefficient (Wildman–Crippen LogP) is 18.1. The molecule has 0 spiro atoms. The lowest BCUT2D eigenvalue weighted by Gasteiger charge is -2.35. The summed E-state index contributed by atoms with van der Waals surface area (Å²) < 4.78 is 6.97. The van der Waals surface area contributed by atoms with Gasteiger partial charge in [-0.25, -0.2) is 0 Å². The van der Waals surface area contributed by atoms with E-state index in [9.17, 15) is 0 Å². The average Bonchev–Trinajstić information content (AvgIpc) is 3.96. The van der Waals surface area contributed by atoms with Crippen LogP contribution in [0.15, 0.2) is 277 Å². The number of benzene rings is 11. The first-order valence-corrected chi connectivity index (χ1v) is 23.7. The molecule has 1 aliphatic carbocycles. The zero-order chi connectivity index (χ0) is 45.7. The Bertz CT molecular complexity index is 3760. The normalized spacial score (nSPS) is 12.5. The fourth-order valence-electron chi connectivity index (χ4n) is 11.0. The van der Waals surface area contributed by atoms with Gasteiger partial charge in [-0.05, 0) is 109 Å². The Morgan fingerprint density at radius 2 is 0.739 bits per heavy atom. The molecule has 12 aromatic rings. The highest BCUT2D eigenvalue weighted by atomic mass is 16.3. The van der Waals surface area contributed by atoms with Crippen LogP contribution in [0, 0.1) is 0 Å². The van der Waals surface area contributed by atoms with Gasteiger partial charge in [-0.15, -0.1) is 0 Å². The predicted molar refractivity (Wildman–Crippen MR) is 287 cm³/mol. The maximum Gasteiger partial charge on any atom is 0.159 e. The first-order chi connectivity index (χ1) is 34.2. The van der Waals surface area contributed by atoms with Crippen molar-refractivity contribution in [2.24, 2.45) is 0 Å². The highest BCUT2D eigenvalue weighted by molar-refractivity contribution is 6.11. The van der Waals surface area contributed by atoms with Gasteiger partial charge in [0.1, 0.15) is 5.58 Å². The highest BCUT2D eigenvalue weighted by Crippen LogP contribution is 2.58. The molecule has 2 heteroatoms. The van der Waals surface area contributed by atoms with Gasteiger partial charge in [-0.2, -0.15) is 0 Å². The van der Waals surface area contributed by atoms with Gasteiger partial charge in [0.2, 0.25) is 0 Å². The Kier molecular flexibility index (Phi) is 9.77. The SMILES string of the molecule is c1ccc(-c2ccc(-c3ccc(-c4ccccc4)cc3N(c3ccc4c(c3)C(c3ccccc3)(c3ccccc3)c3cc(-c5ccccc5)ccc3-4)c3cccc4c3oc3ccccc34)cc2)cc1. The quantitative estimate of drug-likeness (QED) is 0.144. The minimum absolute atomic E-state index is 0.646. The number of rotatable bonds is 9. The second-order valence-electron chi connectivity index (χ2n) is 18.0. The molecule has 324 valence electrons. The Morgan fingerprint density at radius 3 is 1.36 bits per heavy atom. The van der Waals surface area contributed by atoms with Crippen LogP contribution in [0.25, 0.3) is 77.6 Å². The van der Waals surface area contributed by atoms with Crippen LogP contribution in [-0.2, 0) is 5.41 Å². The van der Waals surface area contributed by atoms with E-state index >= 15 is 0 Å². The van der Waals surface area contributed by atoms with Crippen molar-refractivity contribution in [3.05, 3.63) is 295 Å². The fraction of sp³-hybridized carbons (Fsp3) is 0.0149. The summed E-state index contributed by atoms with van der Waals surface area (Å²) in [6, 6.07) is 99.4. The van der Waals surface area contributed by atoms with Crippen LogP contribution in [0.3, 0.4) is 0 Å². The first-order valence-electron chi connectivity index (χ1n) is 23.7. The monoisotopic (exact) mass is 879 g/mol. The largest absolute Gasteiger partial charge is 0.454 e. The van der Waals surface area contributed by atoms with Crippen molar-refractivity contribution < 1.29 is 4.42 Å². The molecule has 0 radical (unpaired) electrons. The lowest BCUT2D eigenvalue weighted by atomic mass is 9.67. The van der Waals surface area contributed by atoms with Gasteiger partial charge in [-0.3, -0.25) is 0 Å². The Balaban J connectivity index is 1.11. The minimum atomic E-state index is -0.646. The average molecular weight is 880 g/mol. The zero-order valence-electron chi connectivity index (χ0n) is 37.8. The first kappa shape index (κ1) is 40.3.